The number of hydrogen-bond donors (Lipinski definition) is 1. The van der Waals surface area contributed by atoms with Crippen LogP contribution in [0.25, 0.3) is 11.0 Å². The standard InChI is InChI=1S/C19H27N5O4S2/c1-3-4-7-24-17-6-5-15(30(20,27)28)12-16(17)21-19(24)29-13-18(26)23-10-8-22(9-11-23)14(2)25/h5-6,12H,3-4,7-11,13H2,1-2H3,(H2,20,27,28). The third-order valence-electron chi connectivity index (χ3n) is 5.15. The molecule has 1 aliphatic rings. The van der Waals surface area contributed by atoms with Gasteiger partial charge in [-0.3, -0.25) is 9.59 Å². The number of nitrogens with two attached hydrogens (primary N) is 1. The molecule has 0 saturated carbocycles. The average molecular weight is 454 g/mol. The maximum Gasteiger partial charge on any atom is 0.238 e. The van der Waals surface area contributed by atoms with Crippen LogP contribution in [0.4, 0.5) is 0 Å². The van der Waals surface area contributed by atoms with Crippen LogP contribution in [-0.4, -0.2) is 71.5 Å². The first kappa shape index (κ1) is 22.6. The second-order valence-electron chi connectivity index (χ2n) is 7.27. The number of carbonyl (C=O) groups is 2. The Kier molecular flexibility index (Phi) is 7.04. The summed E-state index contributed by atoms with van der Waals surface area (Å²) in [4.78, 5) is 32.2. The summed E-state index contributed by atoms with van der Waals surface area (Å²) in [6.45, 7) is 6.53. The molecule has 9 nitrogen and oxygen atoms in total. The van der Waals surface area contributed by atoms with Crippen LogP contribution in [0, 0.1) is 0 Å². The first-order chi connectivity index (χ1) is 14.2. The van der Waals surface area contributed by atoms with Gasteiger partial charge in [0.1, 0.15) is 0 Å². The number of rotatable bonds is 7. The van der Waals surface area contributed by atoms with Crippen molar-refractivity contribution in [1.82, 2.24) is 19.4 Å². The van der Waals surface area contributed by atoms with E-state index in [0.29, 0.717) is 36.9 Å². The molecule has 2 heterocycles. The van der Waals surface area contributed by atoms with Gasteiger partial charge in [-0.05, 0) is 24.6 Å². The van der Waals surface area contributed by atoms with E-state index in [1.165, 1.54) is 30.8 Å². The van der Waals surface area contributed by atoms with E-state index in [-0.39, 0.29) is 22.5 Å². The number of piperazine rings is 1. The summed E-state index contributed by atoms with van der Waals surface area (Å²) in [5.41, 5.74) is 1.36. The Hall–Kier alpha value is -2.11. The quantitative estimate of drug-likeness (QED) is 0.631. The fourth-order valence-corrected chi connectivity index (χ4v) is 4.87. The molecule has 3 rings (SSSR count). The molecule has 1 saturated heterocycles. The van der Waals surface area contributed by atoms with Gasteiger partial charge in [0.2, 0.25) is 21.8 Å². The first-order valence-electron chi connectivity index (χ1n) is 9.90. The number of benzene rings is 1. The van der Waals surface area contributed by atoms with Crippen LogP contribution in [0.2, 0.25) is 0 Å². The van der Waals surface area contributed by atoms with Crippen LogP contribution in [0.1, 0.15) is 26.7 Å². The minimum absolute atomic E-state index is 0.00234. The molecule has 0 bridgehead atoms. The average Bonchev–Trinajstić information content (AvgIpc) is 3.06. The highest BCUT2D eigenvalue weighted by Gasteiger charge is 2.23. The molecule has 30 heavy (non-hydrogen) atoms. The second-order valence-corrected chi connectivity index (χ2v) is 9.77. The molecule has 0 spiro atoms. The fraction of sp³-hybridized carbons (Fsp3) is 0.526. The largest absolute Gasteiger partial charge is 0.339 e. The number of fused-ring (bicyclic) bond motifs is 1. The fourth-order valence-electron chi connectivity index (χ4n) is 3.40. The molecule has 2 amide bonds. The Morgan fingerprint density at radius 2 is 1.83 bits per heavy atom. The summed E-state index contributed by atoms with van der Waals surface area (Å²) in [6.07, 6.45) is 1.94. The number of aryl methyl sites for hydroxylation is 1. The summed E-state index contributed by atoms with van der Waals surface area (Å²) in [7, 11) is -3.81. The Labute approximate surface area is 180 Å². The van der Waals surface area contributed by atoms with Crippen LogP contribution < -0.4 is 5.14 Å². The molecule has 0 aliphatic carbocycles. The zero-order valence-electron chi connectivity index (χ0n) is 17.2. The molecule has 2 aromatic rings. The van der Waals surface area contributed by atoms with E-state index in [1.54, 1.807) is 15.9 Å². The van der Waals surface area contributed by atoms with E-state index >= 15 is 0 Å². The van der Waals surface area contributed by atoms with Gasteiger partial charge in [0, 0.05) is 39.6 Å². The maximum absolute atomic E-state index is 12.6. The van der Waals surface area contributed by atoms with Gasteiger partial charge < -0.3 is 14.4 Å². The van der Waals surface area contributed by atoms with Crippen molar-refractivity contribution < 1.29 is 18.0 Å². The van der Waals surface area contributed by atoms with Gasteiger partial charge in [0.25, 0.3) is 0 Å². The predicted molar refractivity (Wildman–Crippen MR) is 116 cm³/mol. The molecule has 1 aromatic heterocycles. The van der Waals surface area contributed by atoms with Gasteiger partial charge in [0.15, 0.2) is 5.16 Å². The number of imidazole rings is 1. The number of thioether (sulfide) groups is 1. The summed E-state index contributed by atoms with van der Waals surface area (Å²) in [5.74, 6) is 0.264. The zero-order valence-corrected chi connectivity index (χ0v) is 18.8. The number of hydrogen-bond acceptors (Lipinski definition) is 6. The van der Waals surface area contributed by atoms with Crippen molar-refractivity contribution in [2.24, 2.45) is 5.14 Å². The van der Waals surface area contributed by atoms with Gasteiger partial charge in [-0.15, -0.1) is 0 Å². The van der Waals surface area contributed by atoms with E-state index in [9.17, 15) is 18.0 Å². The van der Waals surface area contributed by atoms with E-state index in [0.717, 1.165) is 24.9 Å². The third-order valence-corrected chi connectivity index (χ3v) is 7.02. The van der Waals surface area contributed by atoms with Crippen LogP contribution in [-0.2, 0) is 26.2 Å². The highest BCUT2D eigenvalue weighted by molar-refractivity contribution is 7.99. The molecule has 164 valence electrons. The topological polar surface area (TPSA) is 119 Å². The number of primary sulfonamides is 1. The van der Waals surface area contributed by atoms with Crippen LogP contribution in [0.15, 0.2) is 28.3 Å². The molecular weight excluding hydrogens is 426 g/mol. The number of unbranched alkanes of at least 4 members (excludes halogenated alkanes) is 1. The second kappa shape index (κ2) is 9.36. The Morgan fingerprint density at radius 3 is 2.43 bits per heavy atom. The normalized spacial score (nSPS) is 15.0. The first-order valence-corrected chi connectivity index (χ1v) is 12.4. The van der Waals surface area contributed by atoms with Gasteiger partial charge in [-0.1, -0.05) is 25.1 Å². The summed E-state index contributed by atoms with van der Waals surface area (Å²) < 4.78 is 25.3. The Balaban J connectivity index is 1.75. The van der Waals surface area contributed by atoms with Gasteiger partial charge in [0.05, 0.1) is 21.7 Å². The molecule has 0 atom stereocenters. The minimum Gasteiger partial charge on any atom is -0.339 e. The molecule has 1 fully saturated rings. The third kappa shape index (κ3) is 5.13. The van der Waals surface area contributed by atoms with Crippen molar-refractivity contribution in [2.75, 3.05) is 31.9 Å². The van der Waals surface area contributed by atoms with Crippen molar-refractivity contribution >= 4 is 44.6 Å². The molecular formula is C19H27N5O4S2. The molecule has 11 heteroatoms. The van der Waals surface area contributed by atoms with Crippen LogP contribution >= 0.6 is 11.8 Å². The minimum atomic E-state index is -3.81. The van der Waals surface area contributed by atoms with E-state index in [1.807, 2.05) is 4.57 Å². The lowest BCUT2D eigenvalue weighted by atomic mass is 10.3. The summed E-state index contributed by atoms with van der Waals surface area (Å²) >= 11 is 1.34. The zero-order chi connectivity index (χ0) is 21.9. The highest BCUT2D eigenvalue weighted by Crippen LogP contribution is 2.27. The summed E-state index contributed by atoms with van der Waals surface area (Å²) in [6, 6.07) is 4.67. The molecule has 1 aliphatic heterocycles. The number of aromatic nitrogens is 2. The van der Waals surface area contributed by atoms with Crippen molar-refractivity contribution in [2.45, 2.75) is 43.3 Å². The molecule has 1 aromatic carbocycles. The monoisotopic (exact) mass is 453 g/mol. The van der Waals surface area contributed by atoms with Gasteiger partial charge in [-0.2, -0.15) is 0 Å². The number of amides is 2. The van der Waals surface area contributed by atoms with E-state index in [2.05, 4.69) is 11.9 Å². The smallest absolute Gasteiger partial charge is 0.238 e. The lowest BCUT2D eigenvalue weighted by Crippen LogP contribution is -2.50. The lowest BCUT2D eigenvalue weighted by molar-refractivity contribution is -0.136. The van der Waals surface area contributed by atoms with Crippen molar-refractivity contribution in [3.63, 3.8) is 0 Å². The van der Waals surface area contributed by atoms with Crippen LogP contribution in [0.5, 0.6) is 0 Å². The molecule has 0 unspecified atom stereocenters. The maximum atomic E-state index is 12.6. The number of carbonyl (C=O) groups excluding carboxylic acids is 2. The molecule has 0 radical (unpaired) electrons. The van der Waals surface area contributed by atoms with Gasteiger partial charge in [-0.25, -0.2) is 18.5 Å². The highest BCUT2D eigenvalue weighted by atomic mass is 32.2. The summed E-state index contributed by atoms with van der Waals surface area (Å²) in [5, 5.41) is 5.92. The molecule has 2 N–H and O–H groups in total. The number of nitrogens with zero attached hydrogens (tertiary/aromatic N) is 4. The Bertz CT molecular complexity index is 1040. The Morgan fingerprint density at radius 1 is 1.17 bits per heavy atom. The SMILES string of the molecule is CCCCn1c(SCC(=O)N2CCN(C(C)=O)CC2)nc2cc(S(N)(=O)=O)ccc21. The van der Waals surface area contributed by atoms with Crippen molar-refractivity contribution in [3.8, 4) is 0 Å². The number of sulfonamides is 1. The van der Waals surface area contributed by atoms with Crippen molar-refractivity contribution in [1.29, 1.82) is 0 Å². The lowest BCUT2D eigenvalue weighted by Gasteiger charge is -2.34. The van der Waals surface area contributed by atoms with E-state index in [4.69, 9.17) is 5.14 Å². The van der Waals surface area contributed by atoms with E-state index < -0.39 is 10.0 Å². The van der Waals surface area contributed by atoms with Crippen LogP contribution in [0.3, 0.4) is 0 Å². The predicted octanol–water partition coefficient (Wildman–Crippen LogP) is 1.27. The van der Waals surface area contributed by atoms with Crippen molar-refractivity contribution in [3.05, 3.63) is 18.2 Å². The van der Waals surface area contributed by atoms with Gasteiger partial charge >= 0.3 is 0 Å².